The van der Waals surface area contributed by atoms with Crippen LogP contribution in [0.3, 0.4) is 0 Å². The van der Waals surface area contributed by atoms with Gasteiger partial charge in [0.15, 0.2) is 0 Å². The SMILES string of the molecule is N#CCc1nc(CBr)ccc1C(F)F. The Morgan fingerprint density at radius 2 is 2.21 bits per heavy atom. The van der Waals surface area contributed by atoms with E-state index < -0.39 is 6.43 Å². The molecule has 1 heterocycles. The highest BCUT2D eigenvalue weighted by molar-refractivity contribution is 9.08. The lowest BCUT2D eigenvalue weighted by molar-refractivity contribution is 0.150. The molecule has 0 fully saturated rings. The average Bonchev–Trinajstić information content (AvgIpc) is 2.17. The van der Waals surface area contributed by atoms with E-state index in [4.69, 9.17) is 5.26 Å². The van der Waals surface area contributed by atoms with Gasteiger partial charge in [-0.3, -0.25) is 4.98 Å². The number of pyridine rings is 1. The largest absolute Gasteiger partial charge is 0.265 e. The molecule has 0 aliphatic heterocycles. The fraction of sp³-hybridized carbons (Fsp3) is 0.333. The first-order valence-corrected chi connectivity index (χ1v) is 5.01. The van der Waals surface area contributed by atoms with Gasteiger partial charge in [-0.1, -0.05) is 15.9 Å². The number of nitriles is 1. The molecule has 0 saturated carbocycles. The summed E-state index contributed by atoms with van der Waals surface area (Å²) in [6, 6.07) is 4.66. The summed E-state index contributed by atoms with van der Waals surface area (Å²) in [5.74, 6) is 0. The van der Waals surface area contributed by atoms with E-state index in [-0.39, 0.29) is 17.7 Å². The predicted molar refractivity (Wildman–Crippen MR) is 51.1 cm³/mol. The average molecular weight is 261 g/mol. The summed E-state index contributed by atoms with van der Waals surface area (Å²) in [7, 11) is 0. The Balaban J connectivity index is 3.11. The van der Waals surface area contributed by atoms with Crippen LogP contribution < -0.4 is 0 Å². The summed E-state index contributed by atoms with van der Waals surface area (Å²) in [6.07, 6.45) is -2.66. The quantitative estimate of drug-likeness (QED) is 0.784. The van der Waals surface area contributed by atoms with Gasteiger partial charge in [0.1, 0.15) is 0 Å². The van der Waals surface area contributed by atoms with Crippen molar-refractivity contribution in [1.29, 1.82) is 5.26 Å². The molecule has 1 aromatic rings. The molecule has 0 atom stereocenters. The Kier molecular flexibility index (Phi) is 3.96. The second kappa shape index (κ2) is 5.01. The number of rotatable bonds is 3. The molecule has 0 saturated heterocycles. The van der Waals surface area contributed by atoms with Crippen LogP contribution in [0.4, 0.5) is 8.78 Å². The Labute approximate surface area is 88.7 Å². The van der Waals surface area contributed by atoms with E-state index in [0.717, 1.165) is 0 Å². The second-order valence-corrected chi connectivity index (χ2v) is 3.17. The van der Waals surface area contributed by atoms with Crippen LogP contribution in [0.1, 0.15) is 23.4 Å². The van der Waals surface area contributed by atoms with Gasteiger partial charge in [-0.2, -0.15) is 5.26 Å². The third-order valence-electron chi connectivity index (χ3n) is 1.69. The molecule has 0 N–H and O–H groups in total. The molecule has 0 aromatic carbocycles. The topological polar surface area (TPSA) is 36.7 Å². The van der Waals surface area contributed by atoms with Gasteiger partial charge in [0.2, 0.25) is 0 Å². The maximum absolute atomic E-state index is 12.4. The van der Waals surface area contributed by atoms with Crippen LogP contribution in [0.5, 0.6) is 0 Å². The van der Waals surface area contributed by atoms with Gasteiger partial charge in [0, 0.05) is 10.9 Å². The molecule has 0 unspecified atom stereocenters. The fourth-order valence-electron chi connectivity index (χ4n) is 1.05. The number of alkyl halides is 3. The van der Waals surface area contributed by atoms with Gasteiger partial charge in [0.25, 0.3) is 6.43 Å². The Bertz CT molecular complexity index is 360. The third-order valence-corrected chi connectivity index (χ3v) is 2.26. The summed E-state index contributed by atoms with van der Waals surface area (Å²) >= 11 is 3.17. The Morgan fingerprint density at radius 1 is 1.50 bits per heavy atom. The molecule has 0 radical (unpaired) electrons. The molecule has 2 nitrogen and oxygen atoms in total. The third kappa shape index (κ3) is 2.48. The molecule has 1 aromatic heterocycles. The summed E-state index contributed by atoms with van der Waals surface area (Å²) in [5.41, 5.74) is 0.662. The van der Waals surface area contributed by atoms with Crippen LogP contribution in [-0.4, -0.2) is 4.98 Å². The van der Waals surface area contributed by atoms with E-state index in [2.05, 4.69) is 20.9 Å². The Hall–Kier alpha value is -1.02. The molecular weight excluding hydrogens is 254 g/mol. The van der Waals surface area contributed by atoms with E-state index in [0.29, 0.717) is 11.0 Å². The smallest absolute Gasteiger partial charge is 0.255 e. The molecule has 1 rings (SSSR count). The molecule has 0 aliphatic carbocycles. The Morgan fingerprint density at radius 3 is 2.71 bits per heavy atom. The molecule has 0 spiro atoms. The molecule has 5 heteroatoms. The minimum absolute atomic E-state index is 0.0828. The van der Waals surface area contributed by atoms with Crippen LogP contribution in [0.15, 0.2) is 12.1 Å². The zero-order valence-electron chi connectivity index (χ0n) is 7.17. The van der Waals surface area contributed by atoms with Crippen LogP contribution in [0, 0.1) is 11.3 Å². The lowest BCUT2D eigenvalue weighted by Crippen LogP contribution is -2.00. The molecule has 0 aliphatic rings. The maximum Gasteiger partial charge on any atom is 0.265 e. The van der Waals surface area contributed by atoms with Crippen molar-refractivity contribution in [1.82, 2.24) is 4.98 Å². The van der Waals surface area contributed by atoms with Crippen molar-refractivity contribution in [2.45, 2.75) is 18.2 Å². The monoisotopic (exact) mass is 260 g/mol. The van der Waals surface area contributed by atoms with Gasteiger partial charge in [-0.25, -0.2) is 8.78 Å². The van der Waals surface area contributed by atoms with Crippen LogP contribution in [0.25, 0.3) is 0 Å². The van der Waals surface area contributed by atoms with E-state index in [1.54, 1.807) is 0 Å². The van der Waals surface area contributed by atoms with Gasteiger partial charge in [-0.15, -0.1) is 0 Å². The lowest BCUT2D eigenvalue weighted by Gasteiger charge is -2.06. The van der Waals surface area contributed by atoms with Crippen LogP contribution in [-0.2, 0) is 11.8 Å². The van der Waals surface area contributed by atoms with Crippen molar-refractivity contribution < 1.29 is 8.78 Å². The normalized spacial score (nSPS) is 10.2. The zero-order chi connectivity index (χ0) is 10.6. The van der Waals surface area contributed by atoms with Crippen LogP contribution in [0.2, 0.25) is 0 Å². The predicted octanol–water partition coefficient (Wildman–Crippen LogP) is 2.98. The first-order chi connectivity index (χ1) is 6.69. The van der Waals surface area contributed by atoms with Crippen molar-refractivity contribution >= 4 is 15.9 Å². The summed E-state index contributed by atoms with van der Waals surface area (Å²) in [6.45, 7) is 0. The van der Waals surface area contributed by atoms with Crippen molar-refractivity contribution in [2.24, 2.45) is 0 Å². The first kappa shape index (κ1) is 11.1. The number of nitrogens with zero attached hydrogens (tertiary/aromatic N) is 2. The number of hydrogen-bond acceptors (Lipinski definition) is 2. The zero-order valence-corrected chi connectivity index (χ0v) is 8.76. The maximum atomic E-state index is 12.4. The van der Waals surface area contributed by atoms with Crippen molar-refractivity contribution in [3.63, 3.8) is 0 Å². The minimum atomic E-state index is -2.57. The van der Waals surface area contributed by atoms with E-state index in [1.165, 1.54) is 12.1 Å². The minimum Gasteiger partial charge on any atom is -0.255 e. The van der Waals surface area contributed by atoms with Gasteiger partial charge < -0.3 is 0 Å². The summed E-state index contributed by atoms with van der Waals surface area (Å²) in [5, 5.41) is 8.94. The number of aromatic nitrogens is 1. The number of halogens is 3. The summed E-state index contributed by atoms with van der Waals surface area (Å²) < 4.78 is 24.9. The molecule has 0 bridgehead atoms. The highest BCUT2D eigenvalue weighted by atomic mass is 79.9. The van der Waals surface area contributed by atoms with Gasteiger partial charge in [-0.05, 0) is 12.1 Å². The van der Waals surface area contributed by atoms with Crippen LogP contribution >= 0.6 is 15.9 Å². The fourth-order valence-corrected chi connectivity index (χ4v) is 1.36. The van der Waals surface area contributed by atoms with Gasteiger partial charge in [0.05, 0.1) is 23.9 Å². The second-order valence-electron chi connectivity index (χ2n) is 2.61. The van der Waals surface area contributed by atoms with Gasteiger partial charge >= 0.3 is 0 Å². The van der Waals surface area contributed by atoms with Crippen molar-refractivity contribution in [2.75, 3.05) is 0 Å². The molecule has 0 amide bonds. The van der Waals surface area contributed by atoms with E-state index in [1.807, 2.05) is 6.07 Å². The highest BCUT2D eigenvalue weighted by Crippen LogP contribution is 2.22. The van der Waals surface area contributed by atoms with Crippen molar-refractivity contribution in [3.05, 3.63) is 29.1 Å². The summed E-state index contributed by atoms with van der Waals surface area (Å²) in [4.78, 5) is 3.95. The molecular formula is C9H7BrF2N2. The first-order valence-electron chi connectivity index (χ1n) is 3.88. The number of hydrogen-bond donors (Lipinski definition) is 0. The highest BCUT2D eigenvalue weighted by Gasteiger charge is 2.14. The lowest BCUT2D eigenvalue weighted by atomic mass is 10.1. The van der Waals surface area contributed by atoms with E-state index >= 15 is 0 Å². The molecule has 14 heavy (non-hydrogen) atoms. The standard InChI is InChI=1S/C9H7BrF2N2/c10-5-6-1-2-7(9(11)12)8(14-6)3-4-13/h1-2,9H,3,5H2. The molecule has 74 valence electrons. The van der Waals surface area contributed by atoms with E-state index in [9.17, 15) is 8.78 Å². The van der Waals surface area contributed by atoms with Crippen molar-refractivity contribution in [3.8, 4) is 6.07 Å².